The molecule has 2 saturated carbocycles. The predicted octanol–water partition coefficient (Wildman–Crippen LogP) is 4.81. The Hall–Kier alpha value is -3.18. The van der Waals surface area contributed by atoms with Crippen molar-refractivity contribution >= 4 is 61.8 Å². The van der Waals surface area contributed by atoms with Crippen LogP contribution in [0.3, 0.4) is 0 Å². The summed E-state index contributed by atoms with van der Waals surface area (Å²) in [6.45, 7) is 0.0711. The molecule has 2 aliphatic heterocycles. The number of amides is 4. The van der Waals surface area contributed by atoms with E-state index < -0.39 is 23.8 Å². The van der Waals surface area contributed by atoms with Crippen LogP contribution in [-0.4, -0.2) is 41.5 Å². The molecule has 2 bridgehead atoms. The van der Waals surface area contributed by atoms with Crippen LogP contribution in [0.25, 0.3) is 6.08 Å². The summed E-state index contributed by atoms with van der Waals surface area (Å²) in [5.41, 5.74) is 0.334. The number of nitrogens with one attached hydrogen (secondary N) is 1. The third kappa shape index (κ3) is 4.33. The summed E-state index contributed by atoms with van der Waals surface area (Å²) in [6, 6.07) is 7.08. The van der Waals surface area contributed by atoms with Gasteiger partial charge in [-0.05, 0) is 83.4 Å². The highest BCUT2D eigenvalue weighted by atomic mass is 79.9. The number of fused-ring (bicyclic) bond motifs is 3. The molecule has 11 heteroatoms. The molecule has 0 radical (unpaired) electrons. The lowest BCUT2D eigenvalue weighted by atomic mass is 9.93. The Kier molecular flexibility index (Phi) is 6.07. The molecule has 4 aliphatic rings. The van der Waals surface area contributed by atoms with Gasteiger partial charge in [-0.25, -0.2) is 9.59 Å². The number of benzene rings is 2. The number of nitrogens with zero attached hydrogens (tertiary/aromatic N) is 1. The minimum Gasteiger partial charge on any atom is -0.454 e. The van der Waals surface area contributed by atoms with E-state index in [-0.39, 0.29) is 35.6 Å². The number of carbonyl (C=O) groups is 4. The molecule has 0 unspecified atom stereocenters. The van der Waals surface area contributed by atoms with Crippen molar-refractivity contribution in [3.05, 3.63) is 56.0 Å². The van der Waals surface area contributed by atoms with Crippen molar-refractivity contribution in [1.29, 1.82) is 0 Å². The van der Waals surface area contributed by atoms with Gasteiger partial charge in [0.25, 0.3) is 11.8 Å². The van der Waals surface area contributed by atoms with Gasteiger partial charge >= 0.3 is 12.0 Å². The van der Waals surface area contributed by atoms with Crippen LogP contribution in [0.15, 0.2) is 44.9 Å². The number of rotatable bonds is 4. The Morgan fingerprint density at radius 2 is 1.86 bits per heavy atom. The Balaban J connectivity index is 1.33. The van der Waals surface area contributed by atoms with Gasteiger partial charge in [-0.2, -0.15) is 0 Å². The highest BCUT2D eigenvalue weighted by Crippen LogP contribution is 2.47. The van der Waals surface area contributed by atoms with Gasteiger partial charge in [0.05, 0.1) is 10.0 Å². The summed E-state index contributed by atoms with van der Waals surface area (Å²) < 4.78 is 17.4. The molecular weight excluding hydrogens is 612 g/mol. The first kappa shape index (κ1) is 24.2. The topological polar surface area (TPSA) is 111 Å². The number of urea groups is 1. The number of esters is 1. The highest BCUT2D eigenvalue weighted by molar-refractivity contribution is 9.11. The maximum atomic E-state index is 13.5. The molecule has 0 aromatic heterocycles. The number of halogens is 2. The Morgan fingerprint density at radius 3 is 2.62 bits per heavy atom. The first-order valence-electron chi connectivity index (χ1n) is 11.8. The second-order valence-corrected chi connectivity index (χ2v) is 11.3. The number of hydrogen-bond donors (Lipinski definition) is 1. The minimum atomic E-state index is -0.793. The predicted molar refractivity (Wildman–Crippen MR) is 137 cm³/mol. The van der Waals surface area contributed by atoms with Crippen molar-refractivity contribution in [1.82, 2.24) is 10.2 Å². The highest BCUT2D eigenvalue weighted by Gasteiger charge is 2.49. The van der Waals surface area contributed by atoms with Gasteiger partial charge < -0.3 is 14.2 Å². The van der Waals surface area contributed by atoms with Gasteiger partial charge in [0.2, 0.25) is 6.79 Å². The molecule has 2 aromatic carbocycles. The fraction of sp³-hybridized carbons (Fsp3) is 0.308. The van der Waals surface area contributed by atoms with Crippen LogP contribution in [0, 0.1) is 11.8 Å². The summed E-state index contributed by atoms with van der Waals surface area (Å²) in [7, 11) is 0. The Bertz CT molecular complexity index is 1410. The van der Waals surface area contributed by atoms with Gasteiger partial charge in [-0.1, -0.05) is 22.4 Å². The normalized spacial score (nSPS) is 25.1. The molecule has 0 spiro atoms. The maximum absolute atomic E-state index is 13.5. The van der Waals surface area contributed by atoms with E-state index in [1.807, 2.05) is 0 Å². The molecule has 3 atom stereocenters. The van der Waals surface area contributed by atoms with Crippen LogP contribution < -0.4 is 19.5 Å². The number of hydrogen-bond acceptors (Lipinski definition) is 7. The van der Waals surface area contributed by atoms with Gasteiger partial charge in [0, 0.05) is 16.1 Å². The zero-order valence-electron chi connectivity index (χ0n) is 19.3. The second-order valence-electron chi connectivity index (χ2n) is 9.50. The van der Waals surface area contributed by atoms with E-state index >= 15 is 0 Å². The average Bonchev–Trinajstić information content (AvgIpc) is 3.60. The molecule has 2 heterocycles. The monoisotopic (exact) mass is 630 g/mol. The molecule has 9 nitrogen and oxygen atoms in total. The van der Waals surface area contributed by atoms with Crippen LogP contribution in [0.4, 0.5) is 4.79 Å². The summed E-state index contributed by atoms with van der Waals surface area (Å²) in [5, 5.41) is 2.31. The summed E-state index contributed by atoms with van der Waals surface area (Å²) in [6.07, 6.45) is 5.18. The van der Waals surface area contributed by atoms with Crippen molar-refractivity contribution in [2.45, 2.75) is 31.7 Å². The van der Waals surface area contributed by atoms with Crippen LogP contribution in [-0.2, 0) is 9.59 Å². The number of ether oxygens (including phenoxy) is 3. The minimum absolute atomic E-state index is 0.0711. The largest absolute Gasteiger partial charge is 0.454 e. The van der Waals surface area contributed by atoms with Crippen LogP contribution in [0.5, 0.6) is 17.2 Å². The van der Waals surface area contributed by atoms with Crippen molar-refractivity contribution in [3.63, 3.8) is 0 Å². The summed E-state index contributed by atoms with van der Waals surface area (Å²) >= 11 is 6.81. The molecule has 190 valence electrons. The fourth-order valence-corrected chi connectivity index (χ4v) is 6.96. The van der Waals surface area contributed by atoms with E-state index in [0.717, 1.165) is 25.7 Å². The molecule has 6 rings (SSSR count). The maximum Gasteiger partial charge on any atom is 0.343 e. The lowest BCUT2D eigenvalue weighted by Gasteiger charge is -2.35. The first-order valence-corrected chi connectivity index (χ1v) is 13.4. The molecule has 2 aliphatic carbocycles. The second kappa shape index (κ2) is 9.29. The van der Waals surface area contributed by atoms with E-state index in [9.17, 15) is 19.2 Å². The molecule has 1 N–H and O–H groups in total. The molecule has 4 amide bonds. The Morgan fingerprint density at radius 1 is 1.05 bits per heavy atom. The summed E-state index contributed by atoms with van der Waals surface area (Å²) in [4.78, 5) is 53.1. The number of barbiturate groups is 1. The number of carbonyl (C=O) groups excluding carboxylic acids is 4. The van der Waals surface area contributed by atoms with E-state index in [2.05, 4.69) is 37.2 Å². The third-order valence-electron chi connectivity index (χ3n) is 7.31. The van der Waals surface area contributed by atoms with E-state index in [1.54, 1.807) is 24.3 Å². The van der Waals surface area contributed by atoms with Gasteiger partial charge in [0.15, 0.2) is 17.2 Å². The van der Waals surface area contributed by atoms with Gasteiger partial charge in [0.1, 0.15) is 5.57 Å². The zero-order chi connectivity index (χ0) is 25.8. The standard InChI is InChI=1S/C26H20Br2N2O7/c27-16-7-15(22(18(28)10-16)37-25(33)14-3-4-20-21(9-14)36-11-35-20)8-17-23(31)29-26(34)30(24(17)32)19-6-12-1-2-13(19)5-12/h3-4,7-10,12-13,19H,1-2,5-6,11H2,(H,29,31,34)/b17-8-/t12-,13-,19-/m0/s1. The first-order chi connectivity index (χ1) is 17.8. The van der Waals surface area contributed by atoms with Crippen LogP contribution in [0.2, 0.25) is 0 Å². The molecule has 3 fully saturated rings. The van der Waals surface area contributed by atoms with E-state index in [4.69, 9.17) is 14.2 Å². The quantitative estimate of drug-likeness (QED) is 0.223. The van der Waals surface area contributed by atoms with Crippen LogP contribution >= 0.6 is 31.9 Å². The molecular formula is C26H20Br2N2O7. The van der Waals surface area contributed by atoms with E-state index in [0.29, 0.717) is 31.9 Å². The lowest BCUT2D eigenvalue weighted by Crippen LogP contribution is -2.58. The van der Waals surface area contributed by atoms with Gasteiger partial charge in [-0.3, -0.25) is 19.8 Å². The third-order valence-corrected chi connectivity index (χ3v) is 8.35. The molecule has 2 aromatic rings. The smallest absolute Gasteiger partial charge is 0.343 e. The van der Waals surface area contributed by atoms with Crippen molar-refractivity contribution in [2.24, 2.45) is 11.8 Å². The van der Waals surface area contributed by atoms with E-state index in [1.165, 1.54) is 17.0 Å². The fourth-order valence-electron chi connectivity index (χ4n) is 5.63. The number of imide groups is 2. The molecule has 1 saturated heterocycles. The SMILES string of the molecule is O=C1NC(=O)N([C@H]2C[C@H]3CC[C@H]2C3)C(=O)/C1=C\c1cc(Br)cc(Br)c1OC(=O)c1ccc2c(c1)OCO2. The van der Waals surface area contributed by atoms with Gasteiger partial charge in [-0.15, -0.1) is 0 Å². The Labute approximate surface area is 228 Å². The average molecular weight is 632 g/mol. The van der Waals surface area contributed by atoms with Crippen LogP contribution in [0.1, 0.15) is 41.6 Å². The van der Waals surface area contributed by atoms with Crippen molar-refractivity contribution in [3.8, 4) is 17.2 Å². The van der Waals surface area contributed by atoms with Crippen molar-refractivity contribution in [2.75, 3.05) is 6.79 Å². The lowest BCUT2D eigenvalue weighted by molar-refractivity contribution is -0.132. The molecule has 37 heavy (non-hydrogen) atoms. The summed E-state index contributed by atoms with van der Waals surface area (Å²) in [5.74, 6) is -0.267. The van der Waals surface area contributed by atoms with Crippen molar-refractivity contribution < 1.29 is 33.4 Å². The zero-order valence-corrected chi connectivity index (χ0v) is 22.5.